The standard InChI is InChI=1S/C26H33N3O5S/c1-34-17-14-27-25(30)20-12-15-29(16-13-20)26(31)21-6-9-23(10-7-21)28-35(32,33)24-11-8-19-4-2-3-5-22(19)18-24/h6-11,18,20,28H,2-5,12-17H2,1H3,(H,27,30). The summed E-state index contributed by atoms with van der Waals surface area (Å²) in [6.07, 6.45) is 5.36. The third-order valence-electron chi connectivity index (χ3n) is 6.77. The van der Waals surface area contributed by atoms with Gasteiger partial charge in [-0.05, 0) is 86.1 Å². The third-order valence-corrected chi connectivity index (χ3v) is 8.15. The molecule has 9 heteroatoms. The van der Waals surface area contributed by atoms with E-state index in [-0.39, 0.29) is 22.6 Å². The van der Waals surface area contributed by atoms with Gasteiger partial charge in [0, 0.05) is 43.9 Å². The van der Waals surface area contributed by atoms with Crippen LogP contribution in [0.15, 0.2) is 47.4 Å². The first kappa shape index (κ1) is 25.2. The van der Waals surface area contributed by atoms with Crippen LogP contribution in [0.3, 0.4) is 0 Å². The SMILES string of the molecule is COCCNC(=O)C1CCN(C(=O)c2ccc(NS(=O)(=O)c3ccc4c(c3)CCCC4)cc2)CC1. The van der Waals surface area contributed by atoms with Crippen LogP contribution in [0, 0.1) is 5.92 Å². The maximum absolute atomic E-state index is 12.9. The van der Waals surface area contributed by atoms with Crippen LogP contribution < -0.4 is 10.0 Å². The Morgan fingerprint density at radius 1 is 1.00 bits per heavy atom. The van der Waals surface area contributed by atoms with Gasteiger partial charge < -0.3 is 15.0 Å². The van der Waals surface area contributed by atoms with Gasteiger partial charge in [-0.3, -0.25) is 14.3 Å². The van der Waals surface area contributed by atoms with E-state index in [9.17, 15) is 18.0 Å². The Bertz CT molecular complexity index is 1160. The van der Waals surface area contributed by atoms with Crippen LogP contribution >= 0.6 is 0 Å². The second-order valence-electron chi connectivity index (χ2n) is 9.17. The molecule has 2 aromatic carbocycles. The molecular weight excluding hydrogens is 466 g/mol. The highest BCUT2D eigenvalue weighted by molar-refractivity contribution is 7.92. The number of carbonyl (C=O) groups is 2. The summed E-state index contributed by atoms with van der Waals surface area (Å²) in [5.41, 5.74) is 3.24. The van der Waals surface area contributed by atoms with Gasteiger partial charge in [0.15, 0.2) is 0 Å². The fourth-order valence-electron chi connectivity index (χ4n) is 4.72. The second-order valence-corrected chi connectivity index (χ2v) is 10.9. The van der Waals surface area contributed by atoms with Crippen LogP contribution in [0.25, 0.3) is 0 Å². The molecule has 2 aliphatic rings. The van der Waals surface area contributed by atoms with Crippen LogP contribution in [0.5, 0.6) is 0 Å². The lowest BCUT2D eigenvalue weighted by molar-refractivity contribution is -0.126. The van der Waals surface area contributed by atoms with Gasteiger partial charge in [0.25, 0.3) is 15.9 Å². The average molecular weight is 500 g/mol. The number of hydrogen-bond donors (Lipinski definition) is 2. The molecular formula is C26H33N3O5S. The lowest BCUT2D eigenvalue weighted by Crippen LogP contribution is -2.43. The van der Waals surface area contributed by atoms with E-state index in [1.54, 1.807) is 48.4 Å². The molecule has 4 rings (SSSR count). The number of sulfonamides is 1. The Morgan fingerprint density at radius 3 is 2.37 bits per heavy atom. The predicted octanol–water partition coefficient (Wildman–Crippen LogP) is 2.98. The smallest absolute Gasteiger partial charge is 0.261 e. The highest BCUT2D eigenvalue weighted by Gasteiger charge is 2.27. The van der Waals surface area contributed by atoms with Gasteiger partial charge in [0.05, 0.1) is 11.5 Å². The van der Waals surface area contributed by atoms with Gasteiger partial charge in [-0.25, -0.2) is 8.42 Å². The van der Waals surface area contributed by atoms with E-state index in [1.807, 2.05) is 6.07 Å². The first-order valence-corrected chi connectivity index (χ1v) is 13.7. The number of amides is 2. The van der Waals surface area contributed by atoms with Gasteiger partial charge in [-0.15, -0.1) is 0 Å². The molecule has 1 saturated heterocycles. The Balaban J connectivity index is 1.33. The summed E-state index contributed by atoms with van der Waals surface area (Å²) in [5.74, 6) is -0.215. The number of fused-ring (bicyclic) bond motifs is 1. The minimum atomic E-state index is -3.71. The summed E-state index contributed by atoms with van der Waals surface area (Å²) in [4.78, 5) is 27.1. The molecule has 1 heterocycles. The van der Waals surface area contributed by atoms with Crippen molar-refractivity contribution in [3.8, 4) is 0 Å². The van der Waals surface area contributed by atoms with Gasteiger partial charge in [-0.1, -0.05) is 6.07 Å². The number of rotatable bonds is 8. The van der Waals surface area contributed by atoms with Crippen molar-refractivity contribution in [2.24, 2.45) is 5.92 Å². The average Bonchev–Trinajstić information content (AvgIpc) is 2.88. The van der Waals surface area contributed by atoms with Gasteiger partial charge >= 0.3 is 0 Å². The fourth-order valence-corrected chi connectivity index (χ4v) is 5.83. The van der Waals surface area contributed by atoms with Crippen molar-refractivity contribution in [3.63, 3.8) is 0 Å². The van der Waals surface area contributed by atoms with Crippen LogP contribution in [0.4, 0.5) is 5.69 Å². The molecule has 8 nitrogen and oxygen atoms in total. The van der Waals surface area contributed by atoms with Crippen LogP contribution in [0.1, 0.15) is 47.2 Å². The van der Waals surface area contributed by atoms with E-state index in [0.717, 1.165) is 31.2 Å². The molecule has 0 saturated carbocycles. The maximum atomic E-state index is 12.9. The zero-order chi connectivity index (χ0) is 24.8. The van der Waals surface area contributed by atoms with Crippen molar-refractivity contribution in [1.82, 2.24) is 10.2 Å². The summed E-state index contributed by atoms with van der Waals surface area (Å²) in [5, 5.41) is 2.86. The molecule has 2 N–H and O–H groups in total. The fraction of sp³-hybridized carbons (Fsp3) is 0.462. The molecule has 0 unspecified atom stereocenters. The van der Waals surface area contributed by atoms with Crippen molar-refractivity contribution in [2.45, 2.75) is 43.4 Å². The van der Waals surface area contributed by atoms with E-state index in [4.69, 9.17) is 4.74 Å². The maximum Gasteiger partial charge on any atom is 0.261 e. The van der Waals surface area contributed by atoms with Crippen LogP contribution in [0.2, 0.25) is 0 Å². The number of nitrogens with one attached hydrogen (secondary N) is 2. The number of anilines is 1. The number of aryl methyl sites for hydroxylation is 2. The first-order chi connectivity index (χ1) is 16.9. The highest BCUT2D eigenvalue weighted by Crippen LogP contribution is 2.26. The molecule has 188 valence electrons. The van der Waals surface area contributed by atoms with Crippen molar-refractivity contribution < 1.29 is 22.7 Å². The quantitative estimate of drug-likeness (QED) is 0.544. The molecule has 1 aliphatic heterocycles. The van der Waals surface area contributed by atoms with Crippen molar-refractivity contribution in [1.29, 1.82) is 0 Å². The summed E-state index contributed by atoms with van der Waals surface area (Å²) in [6.45, 7) is 1.97. The number of benzene rings is 2. The molecule has 2 amide bonds. The van der Waals surface area contributed by atoms with E-state index in [2.05, 4.69) is 10.0 Å². The van der Waals surface area contributed by atoms with Crippen molar-refractivity contribution >= 4 is 27.5 Å². The van der Waals surface area contributed by atoms with Crippen LogP contribution in [-0.4, -0.2) is 58.5 Å². The summed E-state index contributed by atoms with van der Waals surface area (Å²) in [6, 6.07) is 11.8. The number of piperidine rings is 1. The number of methoxy groups -OCH3 is 1. The first-order valence-electron chi connectivity index (χ1n) is 12.2. The van der Waals surface area contributed by atoms with E-state index in [1.165, 1.54) is 5.56 Å². The van der Waals surface area contributed by atoms with Crippen LogP contribution in [-0.2, 0) is 32.4 Å². The number of ether oxygens (including phenoxy) is 1. The number of likely N-dealkylation sites (tertiary alicyclic amines) is 1. The summed E-state index contributed by atoms with van der Waals surface area (Å²) < 4.78 is 33.4. The topological polar surface area (TPSA) is 105 Å². The summed E-state index contributed by atoms with van der Waals surface area (Å²) >= 11 is 0. The van der Waals surface area contributed by atoms with E-state index in [0.29, 0.717) is 50.3 Å². The Kier molecular flexibility index (Phi) is 8.07. The number of hydrogen-bond acceptors (Lipinski definition) is 5. The largest absolute Gasteiger partial charge is 0.383 e. The Morgan fingerprint density at radius 2 is 1.69 bits per heavy atom. The zero-order valence-corrected chi connectivity index (χ0v) is 20.9. The molecule has 0 atom stereocenters. The lowest BCUT2D eigenvalue weighted by Gasteiger charge is -2.31. The predicted molar refractivity (Wildman–Crippen MR) is 134 cm³/mol. The molecule has 1 fully saturated rings. The highest BCUT2D eigenvalue weighted by atomic mass is 32.2. The monoisotopic (exact) mass is 499 g/mol. The molecule has 35 heavy (non-hydrogen) atoms. The second kappa shape index (κ2) is 11.2. The zero-order valence-electron chi connectivity index (χ0n) is 20.1. The normalized spacial score (nSPS) is 16.4. The van der Waals surface area contributed by atoms with Crippen molar-refractivity contribution in [2.75, 3.05) is 38.1 Å². The number of carbonyl (C=O) groups excluding carboxylic acids is 2. The van der Waals surface area contributed by atoms with Gasteiger partial charge in [0.2, 0.25) is 5.91 Å². The molecule has 0 bridgehead atoms. The Labute approximate surface area is 207 Å². The summed E-state index contributed by atoms with van der Waals surface area (Å²) in [7, 11) is -2.12. The number of nitrogens with zero attached hydrogens (tertiary/aromatic N) is 1. The van der Waals surface area contributed by atoms with E-state index < -0.39 is 10.0 Å². The molecule has 2 aromatic rings. The molecule has 0 aromatic heterocycles. The molecule has 1 aliphatic carbocycles. The lowest BCUT2D eigenvalue weighted by atomic mass is 9.92. The van der Waals surface area contributed by atoms with Gasteiger partial charge in [0.1, 0.15) is 0 Å². The minimum absolute atomic E-state index is 0.00436. The minimum Gasteiger partial charge on any atom is -0.383 e. The third kappa shape index (κ3) is 6.21. The molecule has 0 spiro atoms. The van der Waals surface area contributed by atoms with E-state index >= 15 is 0 Å². The Hall–Kier alpha value is -2.91. The van der Waals surface area contributed by atoms with Crippen molar-refractivity contribution in [3.05, 3.63) is 59.2 Å². The van der Waals surface area contributed by atoms with Gasteiger partial charge in [-0.2, -0.15) is 0 Å². The molecule has 0 radical (unpaired) electrons.